The van der Waals surface area contributed by atoms with Crippen molar-refractivity contribution in [3.8, 4) is 0 Å². The van der Waals surface area contributed by atoms with Crippen LogP contribution in [0.4, 0.5) is 10.1 Å². The van der Waals surface area contributed by atoms with Crippen LogP contribution in [0.5, 0.6) is 0 Å². The van der Waals surface area contributed by atoms with Gasteiger partial charge in [-0.15, -0.1) is 0 Å². The maximum Gasteiger partial charge on any atom is 0.114 e. The molecular formula is C29H37FN4O2. The summed E-state index contributed by atoms with van der Waals surface area (Å²) in [5, 5.41) is 4.42. The maximum atomic E-state index is 12.7. The number of aliphatic imine (C=N–C) groups is 1. The van der Waals surface area contributed by atoms with Crippen molar-refractivity contribution in [2.24, 2.45) is 10.1 Å². The van der Waals surface area contributed by atoms with Gasteiger partial charge in [0, 0.05) is 31.2 Å². The number of nitrogens with zero attached hydrogens (tertiary/aromatic N) is 3. The molecule has 3 rings (SSSR count). The van der Waals surface area contributed by atoms with Gasteiger partial charge in [0.1, 0.15) is 11.9 Å². The Kier molecular flexibility index (Phi) is 10.9. The zero-order chi connectivity index (χ0) is 25.8. The molecule has 2 heterocycles. The molecule has 1 atom stereocenters. The highest BCUT2D eigenvalue weighted by molar-refractivity contribution is 6.02. The van der Waals surface area contributed by atoms with Crippen LogP contribution in [0, 0.1) is 0 Å². The van der Waals surface area contributed by atoms with E-state index in [4.69, 9.17) is 14.6 Å². The van der Waals surface area contributed by atoms with Crippen molar-refractivity contribution >= 4 is 17.2 Å². The average molecular weight is 493 g/mol. The second kappa shape index (κ2) is 14.3. The summed E-state index contributed by atoms with van der Waals surface area (Å²) in [6.07, 6.45) is 16.1. The summed E-state index contributed by atoms with van der Waals surface area (Å²) in [6, 6.07) is 6.28. The fourth-order valence-corrected chi connectivity index (χ4v) is 4.13. The van der Waals surface area contributed by atoms with Gasteiger partial charge in [-0.1, -0.05) is 56.7 Å². The number of amidine groups is 1. The van der Waals surface area contributed by atoms with Gasteiger partial charge in [0.15, 0.2) is 0 Å². The van der Waals surface area contributed by atoms with E-state index in [1.165, 1.54) is 6.08 Å². The summed E-state index contributed by atoms with van der Waals surface area (Å²) < 4.78 is 17.7. The molecule has 2 aliphatic heterocycles. The lowest BCUT2D eigenvalue weighted by Crippen LogP contribution is -2.32. The molecule has 6 nitrogen and oxygen atoms in total. The molecule has 0 aliphatic carbocycles. The van der Waals surface area contributed by atoms with Gasteiger partial charge in [0.05, 0.1) is 30.9 Å². The third kappa shape index (κ3) is 7.35. The van der Waals surface area contributed by atoms with Gasteiger partial charge in [0.2, 0.25) is 0 Å². The fraction of sp³-hybridized carbons (Fsp3) is 0.379. The molecule has 0 spiro atoms. The number of ether oxygens (including phenoxy) is 1. The highest BCUT2D eigenvalue weighted by Gasteiger charge is 2.24. The Bertz CT molecular complexity index is 1080. The van der Waals surface area contributed by atoms with Gasteiger partial charge in [-0.25, -0.2) is 9.38 Å². The highest BCUT2D eigenvalue weighted by Crippen LogP contribution is 2.32. The summed E-state index contributed by atoms with van der Waals surface area (Å²) in [6.45, 7) is 9.39. The Balaban J connectivity index is 1.85. The van der Waals surface area contributed by atoms with E-state index in [0.29, 0.717) is 25.9 Å². The predicted octanol–water partition coefficient (Wildman–Crippen LogP) is 6.81. The molecule has 2 aliphatic rings. The van der Waals surface area contributed by atoms with Gasteiger partial charge in [-0.3, -0.25) is 4.84 Å². The average Bonchev–Trinajstić information content (AvgIpc) is 2.91. The van der Waals surface area contributed by atoms with Crippen molar-refractivity contribution in [2.45, 2.75) is 58.6 Å². The molecule has 0 saturated carbocycles. The van der Waals surface area contributed by atoms with Gasteiger partial charge in [-0.05, 0) is 48.8 Å². The van der Waals surface area contributed by atoms with E-state index in [2.05, 4.69) is 47.3 Å². The number of benzene rings is 1. The minimum Gasteiger partial charge on any atom is -0.381 e. The highest BCUT2D eigenvalue weighted by atomic mass is 19.1. The van der Waals surface area contributed by atoms with Crippen LogP contribution >= 0.6 is 0 Å². The topological polar surface area (TPSA) is 58.5 Å². The second-order valence-electron chi connectivity index (χ2n) is 8.78. The lowest BCUT2D eigenvalue weighted by molar-refractivity contribution is -0.00948. The number of hydrogen-bond donors (Lipinski definition) is 1. The van der Waals surface area contributed by atoms with Crippen molar-refractivity contribution in [1.29, 1.82) is 0 Å². The first-order valence-electron chi connectivity index (χ1n) is 12.5. The molecule has 36 heavy (non-hydrogen) atoms. The molecule has 0 aromatic heterocycles. The van der Waals surface area contributed by atoms with Crippen molar-refractivity contribution < 1.29 is 14.0 Å². The second-order valence-corrected chi connectivity index (χ2v) is 8.78. The van der Waals surface area contributed by atoms with E-state index < -0.39 is 0 Å². The molecule has 1 aromatic rings. The predicted molar refractivity (Wildman–Crippen MR) is 146 cm³/mol. The number of hydrazone groups is 1. The molecule has 0 amide bonds. The Morgan fingerprint density at radius 2 is 2.17 bits per heavy atom. The van der Waals surface area contributed by atoms with Crippen molar-refractivity contribution in [1.82, 2.24) is 10.5 Å². The van der Waals surface area contributed by atoms with E-state index in [1.807, 2.05) is 25.2 Å². The van der Waals surface area contributed by atoms with Crippen LogP contribution in [-0.4, -0.2) is 36.3 Å². The molecule has 0 fully saturated rings. The number of fused-ring (bicyclic) bond motifs is 1. The van der Waals surface area contributed by atoms with Crippen LogP contribution in [0.2, 0.25) is 0 Å². The Morgan fingerprint density at radius 3 is 2.92 bits per heavy atom. The van der Waals surface area contributed by atoms with E-state index in [-0.39, 0.29) is 6.10 Å². The third-order valence-electron chi connectivity index (χ3n) is 6.19. The van der Waals surface area contributed by atoms with E-state index in [1.54, 1.807) is 19.3 Å². The number of nitrogens with one attached hydrogen (secondary N) is 1. The van der Waals surface area contributed by atoms with E-state index in [0.717, 1.165) is 65.3 Å². The minimum atomic E-state index is -0.117. The van der Waals surface area contributed by atoms with Crippen LogP contribution in [0.15, 0.2) is 88.9 Å². The zero-order valence-corrected chi connectivity index (χ0v) is 21.5. The van der Waals surface area contributed by atoms with Gasteiger partial charge < -0.3 is 9.64 Å². The molecule has 1 aromatic carbocycles. The lowest BCUT2D eigenvalue weighted by Gasteiger charge is -2.32. The molecule has 0 bridgehead atoms. The van der Waals surface area contributed by atoms with E-state index in [9.17, 15) is 4.39 Å². The Hall–Kier alpha value is -3.29. The quantitative estimate of drug-likeness (QED) is 0.257. The first-order valence-corrected chi connectivity index (χ1v) is 12.5. The third-order valence-corrected chi connectivity index (χ3v) is 6.19. The number of allylic oxidation sites excluding steroid dienone is 5. The van der Waals surface area contributed by atoms with Gasteiger partial charge >= 0.3 is 0 Å². The van der Waals surface area contributed by atoms with Crippen molar-refractivity contribution in [3.63, 3.8) is 0 Å². The smallest absolute Gasteiger partial charge is 0.114 e. The normalized spacial score (nSPS) is 18.8. The number of halogens is 1. The molecule has 7 heteroatoms. The standard InChI is InChI=1S/C29H37FN4O2/c1-5-7-8-14-29-31-26-19-23(15-16-24(26)21-34(29)25(6-2)13-11-17-30)27-20-28(36-33-32-27)22(3)12-9-10-18-35-4/h6,9-13,15-17,19,28,33H,2,5,7-8,14,18,20-21H2,1,3-4H3/b10-9-,17-11+,22-12+,25-13+. The molecule has 192 valence electrons. The van der Waals surface area contributed by atoms with Crippen LogP contribution in [0.1, 0.15) is 57.1 Å². The Labute approximate surface area is 214 Å². The van der Waals surface area contributed by atoms with Crippen LogP contribution in [-0.2, 0) is 16.1 Å². The number of unbranched alkanes of at least 4 members (excludes halogenated alkanes) is 2. The molecule has 1 unspecified atom stereocenters. The number of hydrogen-bond acceptors (Lipinski definition) is 6. The summed E-state index contributed by atoms with van der Waals surface area (Å²) in [5.41, 5.74) is 8.65. The summed E-state index contributed by atoms with van der Waals surface area (Å²) in [4.78, 5) is 12.8. The maximum absolute atomic E-state index is 12.7. The van der Waals surface area contributed by atoms with E-state index >= 15 is 0 Å². The molecule has 1 N–H and O–H groups in total. The summed E-state index contributed by atoms with van der Waals surface area (Å²) in [5.74, 6) is 0.970. The first-order chi connectivity index (χ1) is 17.6. The molecule has 0 saturated heterocycles. The fourth-order valence-electron chi connectivity index (χ4n) is 4.13. The van der Waals surface area contributed by atoms with Gasteiger partial charge in [-0.2, -0.15) is 10.7 Å². The minimum absolute atomic E-state index is 0.117. The van der Waals surface area contributed by atoms with Crippen molar-refractivity contribution in [3.05, 3.63) is 90.0 Å². The lowest BCUT2D eigenvalue weighted by atomic mass is 9.97. The summed E-state index contributed by atoms with van der Waals surface area (Å²) in [7, 11) is 1.67. The number of methoxy groups -OCH3 is 1. The number of rotatable bonds is 12. The molecule has 0 radical (unpaired) electrons. The molecular weight excluding hydrogens is 455 g/mol. The monoisotopic (exact) mass is 492 g/mol. The van der Waals surface area contributed by atoms with Gasteiger partial charge in [0.25, 0.3) is 0 Å². The van der Waals surface area contributed by atoms with Crippen molar-refractivity contribution in [2.75, 3.05) is 13.7 Å². The van der Waals surface area contributed by atoms with Crippen LogP contribution in [0.25, 0.3) is 0 Å². The first kappa shape index (κ1) is 27.3. The van der Waals surface area contributed by atoms with Crippen LogP contribution < -0.4 is 5.59 Å². The summed E-state index contributed by atoms with van der Waals surface area (Å²) >= 11 is 0. The Morgan fingerprint density at radius 1 is 1.31 bits per heavy atom. The SMILES string of the molecule is C=C/C(=C\C=C\F)N1Cc2ccc(C3=NNOC(/C(C)=C/C=C\COC)C3)cc2N=C1CCCCC. The largest absolute Gasteiger partial charge is 0.381 e. The van der Waals surface area contributed by atoms with Crippen LogP contribution in [0.3, 0.4) is 0 Å². The zero-order valence-electron chi connectivity index (χ0n) is 21.5.